The van der Waals surface area contributed by atoms with Gasteiger partial charge < -0.3 is 14.6 Å². The molecule has 0 saturated carbocycles. The van der Waals surface area contributed by atoms with Gasteiger partial charge >= 0.3 is 0 Å². The molecule has 1 N–H and O–H groups in total. The topological polar surface area (TPSA) is 69.4 Å². The Balaban J connectivity index is 1.69. The number of methoxy groups -OCH3 is 2. The molecule has 0 fully saturated rings. The molecule has 0 radical (unpaired) electrons. The molecule has 28 heavy (non-hydrogen) atoms. The Bertz CT molecular complexity index is 1100. The van der Waals surface area contributed by atoms with Gasteiger partial charge in [-0.05, 0) is 35.4 Å². The van der Waals surface area contributed by atoms with Gasteiger partial charge in [-0.1, -0.05) is 12.2 Å². The molecule has 4 rings (SSSR count). The summed E-state index contributed by atoms with van der Waals surface area (Å²) in [6, 6.07) is 7.59. The van der Waals surface area contributed by atoms with E-state index in [0.29, 0.717) is 17.9 Å². The van der Waals surface area contributed by atoms with E-state index in [-0.39, 0.29) is 5.92 Å². The molecule has 144 valence electrons. The molecule has 1 aliphatic rings. The average Bonchev–Trinajstić information content (AvgIpc) is 3.18. The number of aliphatic hydroxyl groups is 1. The van der Waals surface area contributed by atoms with E-state index in [0.717, 1.165) is 27.3 Å². The standard InChI is InChI=1S/C22H23N3O3/c1-25-13-18(12-24-25)17-7-15-6-14(4-5-21(15)23-11-17)22(26)16-8-19(27-2)10-20(9-16)28-3/h5-14,22,26H,4H2,1-3H3. The van der Waals surface area contributed by atoms with Gasteiger partial charge in [-0.25, -0.2) is 0 Å². The maximum Gasteiger partial charge on any atom is 0.122 e. The van der Waals surface area contributed by atoms with E-state index in [2.05, 4.69) is 28.3 Å². The zero-order valence-electron chi connectivity index (χ0n) is 16.2. The lowest BCUT2D eigenvalue weighted by molar-refractivity contribution is 0.139. The molecule has 6 nitrogen and oxygen atoms in total. The van der Waals surface area contributed by atoms with Crippen molar-refractivity contribution in [2.45, 2.75) is 12.5 Å². The zero-order chi connectivity index (χ0) is 19.7. The van der Waals surface area contributed by atoms with E-state index in [1.165, 1.54) is 0 Å². The molecule has 1 aliphatic carbocycles. The van der Waals surface area contributed by atoms with Crippen molar-refractivity contribution >= 4 is 12.2 Å². The summed E-state index contributed by atoms with van der Waals surface area (Å²) in [5.41, 5.74) is 2.80. The number of aryl methyl sites for hydroxylation is 1. The van der Waals surface area contributed by atoms with Gasteiger partial charge in [0.1, 0.15) is 11.5 Å². The Morgan fingerprint density at radius 2 is 1.82 bits per heavy atom. The van der Waals surface area contributed by atoms with E-state index in [9.17, 15) is 5.11 Å². The second-order valence-electron chi connectivity index (χ2n) is 6.96. The van der Waals surface area contributed by atoms with Crippen molar-refractivity contribution in [1.82, 2.24) is 14.8 Å². The van der Waals surface area contributed by atoms with Crippen LogP contribution >= 0.6 is 0 Å². The lowest BCUT2D eigenvalue weighted by atomic mass is 9.89. The SMILES string of the molecule is COc1cc(OC)cc(C(O)C2C=c3cc(-c4cnn(C)c4)cnc3=CC2)c1. The number of benzene rings is 1. The van der Waals surface area contributed by atoms with Crippen molar-refractivity contribution in [1.29, 1.82) is 0 Å². The molecule has 6 heteroatoms. The van der Waals surface area contributed by atoms with Crippen LogP contribution in [0.15, 0.2) is 42.9 Å². The molecule has 3 aromatic rings. The van der Waals surface area contributed by atoms with E-state index in [1.807, 2.05) is 37.8 Å². The van der Waals surface area contributed by atoms with Crippen molar-refractivity contribution in [3.8, 4) is 22.6 Å². The lowest BCUT2D eigenvalue weighted by Gasteiger charge is -2.22. The summed E-state index contributed by atoms with van der Waals surface area (Å²) < 4.78 is 12.4. The predicted octanol–water partition coefficient (Wildman–Crippen LogP) is 1.81. The minimum atomic E-state index is -0.671. The summed E-state index contributed by atoms with van der Waals surface area (Å²) in [7, 11) is 5.10. The number of pyridine rings is 1. The second kappa shape index (κ2) is 7.48. The Labute approximate surface area is 163 Å². The van der Waals surface area contributed by atoms with Gasteiger partial charge in [-0.2, -0.15) is 5.10 Å². The Morgan fingerprint density at radius 3 is 2.46 bits per heavy atom. The number of rotatable bonds is 5. The molecule has 0 bridgehead atoms. The van der Waals surface area contributed by atoms with Gasteiger partial charge in [-0.15, -0.1) is 0 Å². The van der Waals surface area contributed by atoms with Crippen LogP contribution in [0.1, 0.15) is 18.1 Å². The Hall–Kier alpha value is -3.12. The number of hydrogen-bond acceptors (Lipinski definition) is 5. The van der Waals surface area contributed by atoms with E-state index >= 15 is 0 Å². The highest BCUT2D eigenvalue weighted by atomic mass is 16.5. The molecule has 1 aromatic carbocycles. The van der Waals surface area contributed by atoms with E-state index < -0.39 is 6.10 Å². The van der Waals surface area contributed by atoms with Gasteiger partial charge in [0, 0.05) is 42.6 Å². The van der Waals surface area contributed by atoms with Crippen LogP contribution in [0.3, 0.4) is 0 Å². The van der Waals surface area contributed by atoms with Gasteiger partial charge in [-0.3, -0.25) is 9.67 Å². The fraction of sp³-hybridized carbons (Fsp3) is 0.273. The normalized spacial score (nSPS) is 16.5. The Kier molecular flexibility index (Phi) is 4.88. The number of ether oxygens (including phenoxy) is 2. The molecular formula is C22H23N3O3. The lowest BCUT2D eigenvalue weighted by Crippen LogP contribution is -2.33. The third-order valence-corrected chi connectivity index (χ3v) is 5.09. The highest BCUT2D eigenvalue weighted by Gasteiger charge is 2.21. The first-order valence-corrected chi connectivity index (χ1v) is 9.15. The summed E-state index contributed by atoms with van der Waals surface area (Å²) >= 11 is 0. The van der Waals surface area contributed by atoms with Crippen molar-refractivity contribution in [2.24, 2.45) is 13.0 Å². The van der Waals surface area contributed by atoms with Crippen molar-refractivity contribution in [2.75, 3.05) is 14.2 Å². The van der Waals surface area contributed by atoms with Gasteiger partial charge in [0.15, 0.2) is 0 Å². The van der Waals surface area contributed by atoms with Crippen LogP contribution < -0.4 is 20.0 Å². The number of fused-ring (bicyclic) bond motifs is 1. The predicted molar refractivity (Wildman–Crippen MR) is 107 cm³/mol. The zero-order valence-corrected chi connectivity index (χ0v) is 16.2. The first-order valence-electron chi connectivity index (χ1n) is 9.15. The van der Waals surface area contributed by atoms with Gasteiger partial charge in [0.2, 0.25) is 0 Å². The smallest absolute Gasteiger partial charge is 0.122 e. The molecule has 2 aromatic heterocycles. The van der Waals surface area contributed by atoms with E-state index in [1.54, 1.807) is 25.0 Å². The number of aliphatic hydroxyl groups excluding tert-OH is 1. The first kappa shape index (κ1) is 18.3. The molecule has 2 heterocycles. The third-order valence-electron chi connectivity index (χ3n) is 5.09. The summed E-state index contributed by atoms with van der Waals surface area (Å²) in [5.74, 6) is 1.26. The maximum absolute atomic E-state index is 11.0. The number of nitrogens with zero attached hydrogens (tertiary/aromatic N) is 3. The molecule has 2 unspecified atom stereocenters. The largest absolute Gasteiger partial charge is 0.497 e. The summed E-state index contributed by atoms with van der Waals surface area (Å²) in [5, 5.41) is 17.2. The molecule has 0 saturated heterocycles. The van der Waals surface area contributed by atoms with Crippen molar-refractivity contribution < 1.29 is 14.6 Å². The van der Waals surface area contributed by atoms with Crippen LogP contribution in [0.25, 0.3) is 23.3 Å². The fourth-order valence-corrected chi connectivity index (χ4v) is 3.54. The molecule has 0 amide bonds. The van der Waals surface area contributed by atoms with Gasteiger partial charge in [0.25, 0.3) is 0 Å². The van der Waals surface area contributed by atoms with Crippen molar-refractivity contribution in [3.05, 3.63) is 59.0 Å². The second-order valence-corrected chi connectivity index (χ2v) is 6.96. The molecule has 0 spiro atoms. The third kappa shape index (κ3) is 3.51. The molecule has 0 aliphatic heterocycles. The minimum Gasteiger partial charge on any atom is -0.497 e. The summed E-state index contributed by atoms with van der Waals surface area (Å²) in [6.45, 7) is 0. The number of hydrogen-bond donors (Lipinski definition) is 1. The van der Waals surface area contributed by atoms with Crippen LogP contribution in [-0.4, -0.2) is 34.1 Å². The quantitative estimate of drug-likeness (QED) is 0.735. The Morgan fingerprint density at radius 1 is 1.07 bits per heavy atom. The number of aromatic nitrogens is 3. The van der Waals surface area contributed by atoms with Gasteiger partial charge in [0.05, 0.1) is 31.9 Å². The van der Waals surface area contributed by atoms with Crippen LogP contribution in [0.4, 0.5) is 0 Å². The average molecular weight is 377 g/mol. The monoisotopic (exact) mass is 377 g/mol. The highest BCUT2D eigenvalue weighted by Crippen LogP contribution is 2.32. The van der Waals surface area contributed by atoms with Crippen LogP contribution in [0, 0.1) is 5.92 Å². The summed E-state index contributed by atoms with van der Waals surface area (Å²) in [6.07, 6.45) is 9.87. The highest BCUT2D eigenvalue weighted by molar-refractivity contribution is 5.61. The fourth-order valence-electron chi connectivity index (χ4n) is 3.54. The first-order chi connectivity index (χ1) is 13.6. The van der Waals surface area contributed by atoms with Crippen LogP contribution in [-0.2, 0) is 7.05 Å². The maximum atomic E-state index is 11.0. The molecule has 2 atom stereocenters. The van der Waals surface area contributed by atoms with Crippen LogP contribution in [0.5, 0.6) is 11.5 Å². The minimum absolute atomic E-state index is 0.0599. The van der Waals surface area contributed by atoms with Crippen LogP contribution in [0.2, 0.25) is 0 Å². The van der Waals surface area contributed by atoms with E-state index in [4.69, 9.17) is 9.47 Å². The summed E-state index contributed by atoms with van der Waals surface area (Å²) in [4.78, 5) is 4.58. The van der Waals surface area contributed by atoms with Crippen molar-refractivity contribution in [3.63, 3.8) is 0 Å². The molecular weight excluding hydrogens is 354 g/mol.